The molecule has 0 fully saturated rings. The van der Waals surface area contributed by atoms with Crippen molar-refractivity contribution in [3.8, 4) is 0 Å². The molecule has 0 amide bonds. The lowest BCUT2D eigenvalue weighted by atomic mass is 10.0. The second-order valence-electron chi connectivity index (χ2n) is 4.84. The molecule has 2 rings (SSSR count). The summed E-state index contributed by atoms with van der Waals surface area (Å²) in [6.07, 6.45) is 0.494. The zero-order chi connectivity index (χ0) is 14.0. The Hall–Kier alpha value is -1.81. The Morgan fingerprint density at radius 3 is 2.84 bits per heavy atom. The molecule has 1 atom stereocenters. The predicted octanol–water partition coefficient (Wildman–Crippen LogP) is 2.22. The van der Waals surface area contributed by atoms with Crippen molar-refractivity contribution >= 4 is 16.9 Å². The summed E-state index contributed by atoms with van der Waals surface area (Å²) in [5.41, 5.74) is 10.3. The van der Waals surface area contributed by atoms with Gasteiger partial charge in [0.05, 0.1) is 6.61 Å². The zero-order valence-electron chi connectivity index (χ0n) is 11.6. The van der Waals surface area contributed by atoms with Crippen LogP contribution >= 0.6 is 0 Å². The van der Waals surface area contributed by atoms with Crippen LogP contribution in [0.5, 0.6) is 0 Å². The molecule has 1 aromatic heterocycles. The largest absolute Gasteiger partial charge is 0.465 e. The van der Waals surface area contributed by atoms with E-state index in [1.807, 2.05) is 6.92 Å². The highest BCUT2D eigenvalue weighted by Crippen LogP contribution is 2.24. The summed E-state index contributed by atoms with van der Waals surface area (Å²) in [5, 5.41) is 1.13. The number of carbonyl (C=O) groups excluding carboxylic acids is 1. The summed E-state index contributed by atoms with van der Waals surface area (Å²) in [4.78, 5) is 14.9. The summed E-state index contributed by atoms with van der Waals surface area (Å²) in [6, 6.07) is 5.62. The van der Waals surface area contributed by atoms with E-state index in [4.69, 9.17) is 10.5 Å². The molecule has 19 heavy (non-hydrogen) atoms. The smallest absolute Gasteiger partial charge is 0.323 e. The van der Waals surface area contributed by atoms with Crippen molar-refractivity contribution in [1.29, 1.82) is 0 Å². The molecule has 0 aliphatic heterocycles. The quantitative estimate of drug-likeness (QED) is 0.828. The first kappa shape index (κ1) is 13.6. The predicted molar refractivity (Wildman–Crippen MR) is 76.1 cm³/mol. The SMILES string of the molecule is CCOC(=O)C(N)Cc1c(C)[nH]c2cc(C)ccc12. The minimum Gasteiger partial charge on any atom is -0.465 e. The topological polar surface area (TPSA) is 68.1 Å². The molecule has 0 spiro atoms. The maximum absolute atomic E-state index is 11.6. The zero-order valence-corrected chi connectivity index (χ0v) is 11.6. The van der Waals surface area contributed by atoms with Crippen molar-refractivity contribution in [2.45, 2.75) is 33.2 Å². The second kappa shape index (κ2) is 5.45. The summed E-state index contributed by atoms with van der Waals surface area (Å²) in [5.74, 6) is -0.344. The Morgan fingerprint density at radius 2 is 2.16 bits per heavy atom. The summed E-state index contributed by atoms with van der Waals surface area (Å²) in [6.45, 7) is 6.20. The van der Waals surface area contributed by atoms with Crippen LogP contribution in [0.15, 0.2) is 18.2 Å². The number of aromatic amines is 1. The summed E-state index contributed by atoms with van der Waals surface area (Å²) in [7, 11) is 0. The van der Waals surface area contributed by atoms with Gasteiger partial charge in [-0.2, -0.15) is 0 Å². The number of nitrogens with one attached hydrogen (secondary N) is 1. The number of ether oxygens (including phenoxy) is 1. The fourth-order valence-electron chi connectivity index (χ4n) is 2.32. The van der Waals surface area contributed by atoms with E-state index in [-0.39, 0.29) is 5.97 Å². The minimum absolute atomic E-state index is 0.344. The monoisotopic (exact) mass is 260 g/mol. The van der Waals surface area contributed by atoms with Crippen LogP contribution in [-0.4, -0.2) is 23.6 Å². The summed E-state index contributed by atoms with van der Waals surface area (Å²) >= 11 is 0. The molecule has 2 aromatic rings. The Balaban J connectivity index is 2.30. The Labute approximate surface area is 112 Å². The van der Waals surface area contributed by atoms with Crippen LogP contribution in [0.2, 0.25) is 0 Å². The molecule has 0 saturated carbocycles. The first-order chi connectivity index (χ1) is 9.02. The first-order valence-electron chi connectivity index (χ1n) is 6.53. The molecule has 4 nitrogen and oxygen atoms in total. The normalized spacial score (nSPS) is 12.6. The fourth-order valence-corrected chi connectivity index (χ4v) is 2.32. The number of H-pyrrole nitrogens is 1. The van der Waals surface area contributed by atoms with Gasteiger partial charge in [-0.05, 0) is 38.0 Å². The van der Waals surface area contributed by atoms with Crippen LogP contribution in [-0.2, 0) is 16.0 Å². The van der Waals surface area contributed by atoms with E-state index in [1.54, 1.807) is 6.92 Å². The van der Waals surface area contributed by atoms with E-state index >= 15 is 0 Å². The number of fused-ring (bicyclic) bond motifs is 1. The average Bonchev–Trinajstić information content (AvgIpc) is 2.65. The van der Waals surface area contributed by atoms with E-state index in [2.05, 4.69) is 30.1 Å². The van der Waals surface area contributed by atoms with E-state index in [9.17, 15) is 4.79 Å². The van der Waals surface area contributed by atoms with Crippen molar-refractivity contribution in [3.05, 3.63) is 35.0 Å². The van der Waals surface area contributed by atoms with Crippen molar-refractivity contribution in [1.82, 2.24) is 4.98 Å². The van der Waals surface area contributed by atoms with Gasteiger partial charge in [-0.3, -0.25) is 4.79 Å². The standard InChI is InChI=1S/C15H20N2O2/c1-4-19-15(18)13(16)8-12-10(3)17-14-7-9(2)5-6-11(12)14/h5-7,13,17H,4,8,16H2,1-3H3. The molecule has 0 aliphatic carbocycles. The number of hydrogen-bond acceptors (Lipinski definition) is 3. The number of esters is 1. The molecular weight excluding hydrogens is 240 g/mol. The van der Waals surface area contributed by atoms with Gasteiger partial charge in [0.2, 0.25) is 0 Å². The van der Waals surface area contributed by atoms with Gasteiger partial charge in [-0.25, -0.2) is 0 Å². The fraction of sp³-hybridized carbons (Fsp3) is 0.400. The number of rotatable bonds is 4. The van der Waals surface area contributed by atoms with Crippen molar-refractivity contribution in [3.63, 3.8) is 0 Å². The third kappa shape index (κ3) is 2.79. The number of aryl methyl sites for hydroxylation is 2. The Morgan fingerprint density at radius 1 is 1.42 bits per heavy atom. The van der Waals surface area contributed by atoms with Gasteiger partial charge < -0.3 is 15.5 Å². The van der Waals surface area contributed by atoms with Gasteiger partial charge in [-0.15, -0.1) is 0 Å². The van der Waals surface area contributed by atoms with E-state index in [0.29, 0.717) is 13.0 Å². The maximum atomic E-state index is 11.6. The third-order valence-electron chi connectivity index (χ3n) is 3.29. The average molecular weight is 260 g/mol. The van der Waals surface area contributed by atoms with Crippen LogP contribution in [0.4, 0.5) is 0 Å². The lowest BCUT2D eigenvalue weighted by molar-refractivity contribution is -0.144. The molecular formula is C15H20N2O2. The molecule has 102 valence electrons. The molecule has 1 heterocycles. The Bertz CT molecular complexity index is 601. The van der Waals surface area contributed by atoms with Crippen LogP contribution in [0.1, 0.15) is 23.7 Å². The molecule has 0 radical (unpaired) electrons. The minimum atomic E-state index is -0.612. The van der Waals surface area contributed by atoms with E-state index in [0.717, 1.165) is 22.2 Å². The molecule has 3 N–H and O–H groups in total. The Kier molecular flexibility index (Phi) is 3.90. The number of benzene rings is 1. The summed E-state index contributed by atoms with van der Waals surface area (Å²) < 4.78 is 4.95. The van der Waals surface area contributed by atoms with Crippen LogP contribution in [0.25, 0.3) is 10.9 Å². The number of carbonyl (C=O) groups is 1. The molecule has 4 heteroatoms. The lowest BCUT2D eigenvalue weighted by Crippen LogP contribution is -2.34. The van der Waals surface area contributed by atoms with Crippen LogP contribution in [0.3, 0.4) is 0 Å². The van der Waals surface area contributed by atoms with Crippen molar-refractivity contribution in [2.24, 2.45) is 5.73 Å². The number of aromatic nitrogens is 1. The van der Waals surface area contributed by atoms with Crippen LogP contribution in [0, 0.1) is 13.8 Å². The molecule has 0 saturated heterocycles. The van der Waals surface area contributed by atoms with E-state index in [1.165, 1.54) is 5.56 Å². The lowest BCUT2D eigenvalue weighted by Gasteiger charge is -2.10. The molecule has 0 aliphatic rings. The number of nitrogens with two attached hydrogens (primary N) is 1. The van der Waals surface area contributed by atoms with Gasteiger partial charge in [0.15, 0.2) is 0 Å². The van der Waals surface area contributed by atoms with Gasteiger partial charge in [0, 0.05) is 23.0 Å². The van der Waals surface area contributed by atoms with Gasteiger partial charge >= 0.3 is 5.97 Å². The van der Waals surface area contributed by atoms with E-state index < -0.39 is 6.04 Å². The molecule has 1 unspecified atom stereocenters. The molecule has 0 bridgehead atoms. The number of hydrogen-bond donors (Lipinski definition) is 2. The van der Waals surface area contributed by atoms with Crippen molar-refractivity contribution in [2.75, 3.05) is 6.61 Å². The van der Waals surface area contributed by atoms with Crippen LogP contribution < -0.4 is 5.73 Å². The molecule has 1 aromatic carbocycles. The van der Waals surface area contributed by atoms with Gasteiger partial charge in [0.1, 0.15) is 6.04 Å². The highest BCUT2D eigenvalue weighted by Gasteiger charge is 2.18. The van der Waals surface area contributed by atoms with Gasteiger partial charge in [-0.1, -0.05) is 12.1 Å². The van der Waals surface area contributed by atoms with Crippen molar-refractivity contribution < 1.29 is 9.53 Å². The maximum Gasteiger partial charge on any atom is 0.323 e. The highest BCUT2D eigenvalue weighted by atomic mass is 16.5. The first-order valence-corrected chi connectivity index (χ1v) is 6.53. The van der Waals surface area contributed by atoms with Gasteiger partial charge in [0.25, 0.3) is 0 Å². The third-order valence-corrected chi connectivity index (χ3v) is 3.29. The highest BCUT2D eigenvalue weighted by molar-refractivity contribution is 5.86. The second-order valence-corrected chi connectivity index (χ2v) is 4.84.